The minimum absolute atomic E-state index is 0.0719. The average Bonchev–Trinajstić information content (AvgIpc) is 2.80. The maximum absolute atomic E-state index is 12.4. The Balaban J connectivity index is 1.88. The monoisotopic (exact) mass is 318 g/mol. The number of benzene rings is 2. The van der Waals surface area contributed by atoms with Gasteiger partial charge in [0.1, 0.15) is 0 Å². The number of para-hydroxylation sites is 1. The second-order valence-corrected chi connectivity index (χ2v) is 5.56. The van der Waals surface area contributed by atoms with E-state index in [-0.39, 0.29) is 5.91 Å². The first-order valence-corrected chi connectivity index (χ1v) is 7.19. The van der Waals surface area contributed by atoms with Gasteiger partial charge >= 0.3 is 0 Å². The Morgan fingerprint density at radius 3 is 2.38 bits per heavy atom. The molecule has 0 radical (unpaired) electrons. The van der Waals surface area contributed by atoms with E-state index in [9.17, 15) is 4.79 Å². The van der Waals surface area contributed by atoms with Gasteiger partial charge in [0.15, 0.2) is 0 Å². The minimum atomic E-state index is -0.0719. The quantitative estimate of drug-likeness (QED) is 0.851. The average molecular weight is 319 g/mol. The molecule has 106 valence electrons. The minimum Gasteiger partial charge on any atom is -0.268 e. The molecule has 1 heterocycles. The maximum Gasteiger partial charge on any atom is 0.269 e. The van der Waals surface area contributed by atoms with Gasteiger partial charge in [-0.3, -0.25) is 4.79 Å². The second-order valence-electron chi connectivity index (χ2n) is 4.68. The number of amides is 1. The van der Waals surface area contributed by atoms with Crippen LogP contribution in [0.2, 0.25) is 10.0 Å². The molecule has 1 aliphatic rings. The van der Waals surface area contributed by atoms with Gasteiger partial charge in [0.05, 0.1) is 5.69 Å². The summed E-state index contributed by atoms with van der Waals surface area (Å²) in [6.45, 7) is 0.470. The summed E-state index contributed by atoms with van der Waals surface area (Å²) in [5.74, 6) is -0.0719. The van der Waals surface area contributed by atoms with Crippen molar-refractivity contribution in [2.24, 2.45) is 0 Å². The van der Waals surface area contributed by atoms with Crippen molar-refractivity contribution in [3.8, 4) is 0 Å². The SMILES string of the molecule is O=C1C(=Cc2cc(Cl)cc(Cl)c2)CNN1c1ccccc1. The first-order chi connectivity index (χ1) is 10.1. The van der Waals surface area contributed by atoms with Crippen LogP contribution in [-0.2, 0) is 4.79 Å². The zero-order valence-electron chi connectivity index (χ0n) is 11.0. The molecule has 2 aromatic carbocycles. The molecule has 1 amide bonds. The molecule has 1 N–H and O–H groups in total. The lowest BCUT2D eigenvalue weighted by Crippen LogP contribution is -2.33. The van der Waals surface area contributed by atoms with Crippen molar-refractivity contribution in [1.82, 2.24) is 5.43 Å². The Hall–Kier alpha value is -1.81. The molecule has 0 aromatic heterocycles. The zero-order chi connectivity index (χ0) is 14.8. The van der Waals surface area contributed by atoms with Gasteiger partial charge in [-0.15, -0.1) is 0 Å². The molecule has 0 atom stereocenters. The van der Waals surface area contributed by atoms with E-state index >= 15 is 0 Å². The summed E-state index contributed by atoms with van der Waals surface area (Å²) in [5, 5.41) is 2.64. The molecule has 3 rings (SSSR count). The molecule has 2 aromatic rings. The number of nitrogens with one attached hydrogen (secondary N) is 1. The number of carbonyl (C=O) groups is 1. The fourth-order valence-corrected chi connectivity index (χ4v) is 2.76. The van der Waals surface area contributed by atoms with E-state index in [1.54, 1.807) is 24.3 Å². The van der Waals surface area contributed by atoms with E-state index in [1.165, 1.54) is 5.01 Å². The van der Waals surface area contributed by atoms with Gasteiger partial charge in [-0.25, -0.2) is 10.4 Å². The van der Waals surface area contributed by atoms with E-state index in [0.29, 0.717) is 22.2 Å². The van der Waals surface area contributed by atoms with Crippen molar-refractivity contribution in [2.45, 2.75) is 0 Å². The normalized spacial score (nSPS) is 16.8. The first kappa shape index (κ1) is 14.1. The van der Waals surface area contributed by atoms with Gasteiger partial charge in [-0.05, 0) is 42.0 Å². The molecule has 0 unspecified atom stereocenters. The van der Waals surface area contributed by atoms with Gasteiger partial charge in [-0.2, -0.15) is 0 Å². The number of nitrogens with zero attached hydrogens (tertiary/aromatic N) is 1. The Bertz CT molecular complexity index is 693. The second kappa shape index (κ2) is 5.90. The third kappa shape index (κ3) is 3.10. The summed E-state index contributed by atoms with van der Waals surface area (Å²) >= 11 is 11.9. The summed E-state index contributed by atoms with van der Waals surface area (Å²) in [6, 6.07) is 14.7. The van der Waals surface area contributed by atoms with Crippen LogP contribution < -0.4 is 10.4 Å². The van der Waals surface area contributed by atoms with Crippen molar-refractivity contribution in [3.63, 3.8) is 0 Å². The molecule has 3 nitrogen and oxygen atoms in total. The van der Waals surface area contributed by atoms with Crippen LogP contribution >= 0.6 is 23.2 Å². The lowest BCUT2D eigenvalue weighted by atomic mass is 10.1. The summed E-state index contributed by atoms with van der Waals surface area (Å²) in [6.07, 6.45) is 1.80. The van der Waals surface area contributed by atoms with Crippen LogP contribution in [0.4, 0.5) is 5.69 Å². The van der Waals surface area contributed by atoms with Crippen molar-refractivity contribution >= 4 is 40.9 Å². The number of hydrogen-bond acceptors (Lipinski definition) is 2. The van der Waals surface area contributed by atoms with Crippen LogP contribution in [0.15, 0.2) is 54.1 Å². The number of hydrogen-bond donors (Lipinski definition) is 1. The van der Waals surface area contributed by atoms with Gasteiger partial charge < -0.3 is 0 Å². The van der Waals surface area contributed by atoms with E-state index in [0.717, 1.165) is 11.3 Å². The van der Waals surface area contributed by atoms with Crippen LogP contribution in [0, 0.1) is 0 Å². The van der Waals surface area contributed by atoms with Gasteiger partial charge in [-0.1, -0.05) is 41.4 Å². The van der Waals surface area contributed by atoms with Crippen LogP contribution in [0.5, 0.6) is 0 Å². The number of carbonyl (C=O) groups excluding carboxylic acids is 1. The molecular weight excluding hydrogens is 307 g/mol. The van der Waals surface area contributed by atoms with E-state index in [1.807, 2.05) is 30.3 Å². The molecule has 1 fully saturated rings. The number of halogens is 2. The topological polar surface area (TPSA) is 32.3 Å². The molecule has 5 heteroatoms. The van der Waals surface area contributed by atoms with Crippen LogP contribution in [-0.4, -0.2) is 12.5 Å². The van der Waals surface area contributed by atoms with Gasteiger partial charge in [0, 0.05) is 22.2 Å². The molecule has 1 saturated heterocycles. The highest BCUT2D eigenvalue weighted by Crippen LogP contribution is 2.23. The largest absolute Gasteiger partial charge is 0.269 e. The van der Waals surface area contributed by atoms with Crippen molar-refractivity contribution in [1.29, 1.82) is 0 Å². The third-order valence-electron chi connectivity index (χ3n) is 3.15. The zero-order valence-corrected chi connectivity index (χ0v) is 12.5. The lowest BCUT2D eigenvalue weighted by molar-refractivity contribution is -0.114. The Morgan fingerprint density at radius 2 is 1.71 bits per heavy atom. The summed E-state index contributed by atoms with van der Waals surface area (Å²) in [4.78, 5) is 12.4. The fraction of sp³-hybridized carbons (Fsp3) is 0.0625. The summed E-state index contributed by atoms with van der Waals surface area (Å²) in [7, 11) is 0. The van der Waals surface area contributed by atoms with Crippen molar-refractivity contribution in [2.75, 3.05) is 11.6 Å². The van der Waals surface area contributed by atoms with Gasteiger partial charge in [0.25, 0.3) is 5.91 Å². The smallest absolute Gasteiger partial charge is 0.268 e. The van der Waals surface area contributed by atoms with Crippen LogP contribution in [0.1, 0.15) is 5.56 Å². The molecule has 0 spiro atoms. The highest BCUT2D eigenvalue weighted by atomic mass is 35.5. The molecule has 0 bridgehead atoms. The first-order valence-electron chi connectivity index (χ1n) is 6.43. The molecule has 0 saturated carbocycles. The van der Waals surface area contributed by atoms with Crippen LogP contribution in [0.3, 0.4) is 0 Å². The summed E-state index contributed by atoms with van der Waals surface area (Å²) < 4.78 is 0. The highest BCUT2D eigenvalue weighted by Gasteiger charge is 2.26. The predicted octanol–water partition coefficient (Wildman–Crippen LogP) is 3.93. The molecule has 1 aliphatic heterocycles. The maximum atomic E-state index is 12.4. The van der Waals surface area contributed by atoms with Crippen molar-refractivity contribution < 1.29 is 4.79 Å². The molecule has 0 aliphatic carbocycles. The van der Waals surface area contributed by atoms with E-state index < -0.39 is 0 Å². The van der Waals surface area contributed by atoms with Crippen molar-refractivity contribution in [3.05, 3.63) is 69.7 Å². The third-order valence-corrected chi connectivity index (χ3v) is 3.58. The fourth-order valence-electron chi connectivity index (χ4n) is 2.21. The Morgan fingerprint density at radius 1 is 1.05 bits per heavy atom. The molecular formula is C16H12Cl2N2O. The molecule has 21 heavy (non-hydrogen) atoms. The van der Waals surface area contributed by atoms with E-state index in [4.69, 9.17) is 23.2 Å². The Kier molecular flexibility index (Phi) is 3.97. The lowest BCUT2D eigenvalue weighted by Gasteiger charge is -2.14. The van der Waals surface area contributed by atoms with Gasteiger partial charge in [0.2, 0.25) is 0 Å². The number of anilines is 1. The highest BCUT2D eigenvalue weighted by molar-refractivity contribution is 6.34. The van der Waals surface area contributed by atoms with E-state index in [2.05, 4.69) is 5.43 Å². The standard InChI is InChI=1S/C16H12Cl2N2O/c17-13-7-11(8-14(18)9-13)6-12-10-19-20(16(12)21)15-4-2-1-3-5-15/h1-9,19H,10H2. The Labute approximate surface area is 132 Å². The summed E-state index contributed by atoms with van der Waals surface area (Å²) in [5.41, 5.74) is 5.36. The number of hydrazine groups is 1. The van der Waals surface area contributed by atoms with Crippen LogP contribution in [0.25, 0.3) is 6.08 Å². The number of rotatable bonds is 2. The predicted molar refractivity (Wildman–Crippen MR) is 86.4 cm³/mol.